The van der Waals surface area contributed by atoms with E-state index in [4.69, 9.17) is 0 Å². The molecule has 0 aliphatic rings. The molecule has 0 aliphatic carbocycles. The molecule has 0 aliphatic heterocycles. The summed E-state index contributed by atoms with van der Waals surface area (Å²) in [6.07, 6.45) is 7.84. The zero-order chi connectivity index (χ0) is 14.5. The molecule has 1 unspecified atom stereocenters. The Bertz CT molecular complexity index is 655. The van der Waals surface area contributed by atoms with Crippen LogP contribution in [0, 0.1) is 0 Å². The van der Waals surface area contributed by atoms with Crippen molar-refractivity contribution in [3.8, 4) is 5.69 Å². The van der Waals surface area contributed by atoms with Gasteiger partial charge in [-0.1, -0.05) is 49.4 Å². The van der Waals surface area contributed by atoms with Gasteiger partial charge in [0.05, 0.1) is 6.33 Å². The largest absolute Gasteiger partial charge is 0.306 e. The summed E-state index contributed by atoms with van der Waals surface area (Å²) in [6.45, 7) is 2.26. The summed E-state index contributed by atoms with van der Waals surface area (Å²) in [5.74, 6) is 0.588. The number of rotatable bonds is 5. The average Bonchev–Trinajstić information content (AvgIpc) is 3.08. The van der Waals surface area contributed by atoms with Gasteiger partial charge in [-0.3, -0.25) is 0 Å². The van der Waals surface area contributed by atoms with Crippen molar-refractivity contribution in [3.63, 3.8) is 0 Å². The van der Waals surface area contributed by atoms with Gasteiger partial charge in [0.15, 0.2) is 0 Å². The van der Waals surface area contributed by atoms with Crippen LogP contribution in [0.2, 0.25) is 0 Å². The van der Waals surface area contributed by atoms with Crippen LogP contribution in [0.25, 0.3) is 5.69 Å². The van der Waals surface area contributed by atoms with Gasteiger partial charge in [0.2, 0.25) is 0 Å². The second-order valence-corrected chi connectivity index (χ2v) is 5.36. The maximum atomic E-state index is 4.09. The maximum absolute atomic E-state index is 4.09. The van der Waals surface area contributed by atoms with E-state index in [2.05, 4.69) is 66.5 Å². The van der Waals surface area contributed by atoms with Crippen molar-refractivity contribution >= 4 is 0 Å². The molecule has 0 bridgehead atoms. The minimum atomic E-state index is 0.588. The molecular weight excluding hydrogens is 256 g/mol. The lowest BCUT2D eigenvalue weighted by molar-refractivity contribution is 0.660. The van der Waals surface area contributed by atoms with Crippen molar-refractivity contribution in [1.29, 1.82) is 0 Å². The third kappa shape index (κ3) is 3.22. The summed E-state index contributed by atoms with van der Waals surface area (Å²) in [5, 5.41) is 0. The van der Waals surface area contributed by atoms with Crippen LogP contribution < -0.4 is 0 Å². The second-order valence-electron chi connectivity index (χ2n) is 5.36. The Morgan fingerprint density at radius 1 is 1.00 bits per heavy atom. The zero-order valence-electron chi connectivity index (χ0n) is 12.3. The lowest BCUT2D eigenvalue weighted by atomic mass is 9.90. The third-order valence-corrected chi connectivity index (χ3v) is 3.98. The van der Waals surface area contributed by atoms with Crippen molar-refractivity contribution in [2.45, 2.75) is 25.7 Å². The molecule has 106 valence electrons. The Kier molecular flexibility index (Phi) is 4.15. The van der Waals surface area contributed by atoms with Crippen molar-refractivity contribution in [3.05, 3.63) is 84.4 Å². The van der Waals surface area contributed by atoms with Crippen LogP contribution in [0.3, 0.4) is 0 Å². The van der Waals surface area contributed by atoms with E-state index in [1.165, 1.54) is 11.1 Å². The Hall–Kier alpha value is -2.35. The van der Waals surface area contributed by atoms with Gasteiger partial charge in [0, 0.05) is 18.1 Å². The van der Waals surface area contributed by atoms with Crippen molar-refractivity contribution in [1.82, 2.24) is 9.55 Å². The standard InChI is InChI=1S/C19H20N2/c1-2-17(18-6-4-3-5-7-18)14-16-8-10-19(11-9-16)21-13-12-20-15-21/h3-13,15,17H,2,14H2,1H3. The SMILES string of the molecule is CCC(Cc1ccc(-n2ccnc2)cc1)c1ccccc1. The van der Waals surface area contributed by atoms with E-state index in [-0.39, 0.29) is 0 Å². The summed E-state index contributed by atoms with van der Waals surface area (Å²) in [5.41, 5.74) is 3.97. The van der Waals surface area contributed by atoms with E-state index >= 15 is 0 Å². The van der Waals surface area contributed by atoms with Crippen molar-refractivity contribution in [2.24, 2.45) is 0 Å². The molecule has 0 saturated heterocycles. The Balaban J connectivity index is 1.75. The average molecular weight is 276 g/mol. The first-order valence-electron chi connectivity index (χ1n) is 7.49. The molecule has 1 aromatic heterocycles. The van der Waals surface area contributed by atoms with Gasteiger partial charge in [-0.05, 0) is 42.0 Å². The summed E-state index contributed by atoms with van der Waals surface area (Å²) in [6, 6.07) is 19.6. The molecule has 2 nitrogen and oxygen atoms in total. The number of imidazole rings is 1. The molecule has 1 atom stereocenters. The van der Waals surface area contributed by atoms with E-state index in [9.17, 15) is 0 Å². The normalized spacial score (nSPS) is 12.2. The summed E-state index contributed by atoms with van der Waals surface area (Å²) < 4.78 is 2.03. The van der Waals surface area contributed by atoms with Gasteiger partial charge in [-0.2, -0.15) is 0 Å². The summed E-state index contributed by atoms with van der Waals surface area (Å²) in [4.78, 5) is 4.09. The van der Waals surface area contributed by atoms with Crippen LogP contribution in [0.5, 0.6) is 0 Å². The smallest absolute Gasteiger partial charge is 0.0991 e. The van der Waals surface area contributed by atoms with Crippen LogP contribution in [0.15, 0.2) is 73.3 Å². The molecule has 0 fully saturated rings. The Labute approximate surface area is 126 Å². The number of aromatic nitrogens is 2. The Morgan fingerprint density at radius 3 is 2.38 bits per heavy atom. The van der Waals surface area contributed by atoms with E-state index in [1.54, 1.807) is 6.20 Å². The molecule has 3 aromatic rings. The quantitative estimate of drug-likeness (QED) is 0.665. The van der Waals surface area contributed by atoms with E-state index in [1.807, 2.05) is 17.1 Å². The van der Waals surface area contributed by atoms with Crippen molar-refractivity contribution < 1.29 is 0 Å². The van der Waals surface area contributed by atoms with Crippen molar-refractivity contribution in [2.75, 3.05) is 0 Å². The number of hydrogen-bond acceptors (Lipinski definition) is 1. The maximum Gasteiger partial charge on any atom is 0.0991 e. The van der Waals surface area contributed by atoms with E-state index in [0.29, 0.717) is 5.92 Å². The summed E-state index contributed by atoms with van der Waals surface area (Å²) in [7, 11) is 0. The fourth-order valence-corrected chi connectivity index (χ4v) is 2.72. The highest BCUT2D eigenvalue weighted by molar-refractivity contribution is 5.35. The fourth-order valence-electron chi connectivity index (χ4n) is 2.72. The van der Waals surface area contributed by atoms with Gasteiger partial charge in [0.25, 0.3) is 0 Å². The lowest BCUT2D eigenvalue weighted by Gasteiger charge is -2.15. The first-order valence-corrected chi connectivity index (χ1v) is 7.49. The number of benzene rings is 2. The molecule has 2 heteroatoms. The van der Waals surface area contributed by atoms with E-state index in [0.717, 1.165) is 18.5 Å². The molecule has 0 saturated carbocycles. The minimum Gasteiger partial charge on any atom is -0.306 e. The van der Waals surface area contributed by atoms with Gasteiger partial charge in [-0.25, -0.2) is 4.98 Å². The van der Waals surface area contributed by atoms with Gasteiger partial charge in [-0.15, -0.1) is 0 Å². The molecule has 0 radical (unpaired) electrons. The fraction of sp³-hybridized carbons (Fsp3) is 0.211. The van der Waals surface area contributed by atoms with Gasteiger partial charge < -0.3 is 4.57 Å². The predicted octanol–water partition coefficient (Wildman–Crippen LogP) is 4.61. The molecule has 21 heavy (non-hydrogen) atoms. The third-order valence-electron chi connectivity index (χ3n) is 3.98. The number of nitrogens with zero attached hydrogens (tertiary/aromatic N) is 2. The summed E-state index contributed by atoms with van der Waals surface area (Å²) >= 11 is 0. The first-order chi connectivity index (χ1) is 10.4. The number of hydrogen-bond donors (Lipinski definition) is 0. The van der Waals surface area contributed by atoms with Gasteiger partial charge in [0.1, 0.15) is 0 Å². The molecule has 0 N–H and O–H groups in total. The van der Waals surface area contributed by atoms with Crippen LogP contribution in [-0.4, -0.2) is 9.55 Å². The molecular formula is C19H20N2. The minimum absolute atomic E-state index is 0.588. The molecule has 0 spiro atoms. The Morgan fingerprint density at radius 2 is 1.76 bits per heavy atom. The highest BCUT2D eigenvalue weighted by atomic mass is 15.0. The predicted molar refractivity (Wildman–Crippen MR) is 86.7 cm³/mol. The molecule has 0 amide bonds. The van der Waals surface area contributed by atoms with Gasteiger partial charge >= 0.3 is 0 Å². The second kappa shape index (κ2) is 6.40. The monoisotopic (exact) mass is 276 g/mol. The van der Waals surface area contributed by atoms with E-state index < -0.39 is 0 Å². The highest BCUT2D eigenvalue weighted by Gasteiger charge is 2.09. The molecule has 2 aromatic carbocycles. The lowest BCUT2D eigenvalue weighted by Crippen LogP contribution is -2.02. The van der Waals surface area contributed by atoms with Crippen LogP contribution in [0.4, 0.5) is 0 Å². The zero-order valence-corrected chi connectivity index (χ0v) is 12.3. The van der Waals surface area contributed by atoms with Crippen LogP contribution in [0.1, 0.15) is 30.4 Å². The molecule has 3 rings (SSSR count). The molecule has 1 heterocycles. The van der Waals surface area contributed by atoms with Crippen LogP contribution in [-0.2, 0) is 6.42 Å². The topological polar surface area (TPSA) is 17.8 Å². The van der Waals surface area contributed by atoms with Crippen LogP contribution >= 0.6 is 0 Å². The highest BCUT2D eigenvalue weighted by Crippen LogP contribution is 2.24. The first kappa shape index (κ1) is 13.6.